The van der Waals surface area contributed by atoms with Crippen LogP contribution in [0.1, 0.15) is 6.92 Å². The molecule has 16 heavy (non-hydrogen) atoms. The number of carbonyl (C=O) groups excluding carboxylic acids is 1. The number of benzene rings is 1. The number of carbonyl (C=O) groups is 1. The van der Waals surface area contributed by atoms with Gasteiger partial charge in [-0.3, -0.25) is 0 Å². The maximum absolute atomic E-state index is 11.2. The first-order valence-electron chi connectivity index (χ1n) is 4.44. The average Bonchev–Trinajstić information content (AvgIpc) is 2.17. The van der Waals surface area contributed by atoms with Crippen molar-refractivity contribution in [3.05, 3.63) is 36.4 Å². The number of hydrogen-bond donors (Lipinski definition) is 3. The summed E-state index contributed by atoms with van der Waals surface area (Å²) in [6.45, 7) is 5.05. The summed E-state index contributed by atoms with van der Waals surface area (Å²) in [5.41, 5.74) is 0.837. The Morgan fingerprint density at radius 1 is 1.31 bits per heavy atom. The van der Waals surface area contributed by atoms with Gasteiger partial charge in [-0.15, -0.1) is 0 Å². The Bertz CT molecular complexity index is 460. The van der Waals surface area contributed by atoms with Crippen LogP contribution >= 0.6 is 0 Å². The van der Waals surface area contributed by atoms with Crippen LogP contribution in [0.4, 0.5) is 5.69 Å². The number of nitrogens with one attached hydrogen (secondary N) is 1. The minimum absolute atomic E-state index is 0.0218. The molecule has 3 N–H and O–H groups in total. The first kappa shape index (κ1) is 12.8. The van der Waals surface area contributed by atoms with Crippen molar-refractivity contribution >= 4 is 30.1 Å². The van der Waals surface area contributed by atoms with Crippen LogP contribution in [0.2, 0.25) is 0 Å². The van der Waals surface area contributed by atoms with Crippen molar-refractivity contribution in [3.8, 4) is 0 Å². The fraction of sp³-hybridized carbons (Fsp3) is 0.100. The molecule has 0 bridgehead atoms. The third kappa shape index (κ3) is 3.38. The molecule has 0 aliphatic carbocycles. The Balaban J connectivity index is 2.84. The molecule has 0 saturated heterocycles. The fourth-order valence-electron chi connectivity index (χ4n) is 0.977. The molecule has 0 aliphatic heterocycles. The summed E-state index contributed by atoms with van der Waals surface area (Å²) in [4.78, 5) is 11.2. The van der Waals surface area contributed by atoms with Crippen LogP contribution in [0.3, 0.4) is 0 Å². The van der Waals surface area contributed by atoms with Crippen LogP contribution in [0, 0.1) is 0 Å². The van der Waals surface area contributed by atoms with Gasteiger partial charge < -0.3 is 0 Å². The van der Waals surface area contributed by atoms with Gasteiger partial charge in [-0.2, -0.15) is 0 Å². The van der Waals surface area contributed by atoms with Gasteiger partial charge in [0.25, 0.3) is 0 Å². The molecule has 1 aromatic rings. The van der Waals surface area contributed by atoms with Crippen molar-refractivity contribution in [2.24, 2.45) is 0 Å². The molecule has 1 rings (SSSR count). The number of rotatable bonds is 3. The summed E-state index contributed by atoms with van der Waals surface area (Å²) in [6.07, 6.45) is 0. The molecule has 0 spiro atoms. The molecule has 86 valence electrons. The Hall–Kier alpha value is -1.29. The molecular formula is C10H12AsNO4. The van der Waals surface area contributed by atoms with E-state index in [-0.39, 0.29) is 10.3 Å². The zero-order valence-electron chi connectivity index (χ0n) is 8.67. The zero-order valence-corrected chi connectivity index (χ0v) is 10.6. The molecular weight excluding hydrogens is 273 g/mol. The van der Waals surface area contributed by atoms with Crippen molar-refractivity contribution in [1.82, 2.24) is 0 Å². The van der Waals surface area contributed by atoms with E-state index in [4.69, 9.17) is 8.19 Å². The summed E-state index contributed by atoms with van der Waals surface area (Å²) in [6, 6.07) is 5.48. The molecule has 1 amide bonds. The van der Waals surface area contributed by atoms with Gasteiger partial charge in [0, 0.05) is 0 Å². The van der Waals surface area contributed by atoms with Crippen LogP contribution in [-0.4, -0.2) is 28.3 Å². The topological polar surface area (TPSA) is 86.6 Å². The van der Waals surface area contributed by atoms with Crippen molar-refractivity contribution in [2.75, 3.05) is 5.32 Å². The Morgan fingerprint density at radius 3 is 2.19 bits per heavy atom. The molecule has 0 atom stereocenters. The van der Waals surface area contributed by atoms with Gasteiger partial charge in [0.2, 0.25) is 0 Å². The van der Waals surface area contributed by atoms with Crippen LogP contribution in [0.25, 0.3) is 0 Å². The van der Waals surface area contributed by atoms with E-state index >= 15 is 0 Å². The summed E-state index contributed by atoms with van der Waals surface area (Å²) in [5.74, 6) is -0.325. The standard InChI is InChI=1S/C10H12AsNO4/c1-7(2)10(13)12-9-5-3-8(4-6-9)11(14,15)16/h3-6H,1H2,2H3,(H,12,13)(H2,14,15,16). The summed E-state index contributed by atoms with van der Waals surface area (Å²) >= 11 is -4.83. The van der Waals surface area contributed by atoms with E-state index in [0.29, 0.717) is 11.3 Å². The second-order valence-electron chi connectivity index (χ2n) is 3.33. The molecule has 5 nitrogen and oxygen atoms in total. The Labute approximate surface area is 95.8 Å². The maximum atomic E-state index is 11.2. The van der Waals surface area contributed by atoms with Crippen LogP contribution in [0.5, 0.6) is 0 Å². The normalized spacial score (nSPS) is 10.9. The molecule has 0 unspecified atom stereocenters. The van der Waals surface area contributed by atoms with Crippen molar-refractivity contribution < 1.29 is 16.7 Å². The summed E-state index contributed by atoms with van der Waals surface area (Å²) in [7, 11) is 0. The quantitative estimate of drug-likeness (QED) is 0.528. The number of anilines is 1. The third-order valence-corrected chi connectivity index (χ3v) is 3.89. The molecule has 0 aliphatic rings. The van der Waals surface area contributed by atoms with Gasteiger partial charge >= 0.3 is 95.5 Å². The van der Waals surface area contributed by atoms with Gasteiger partial charge in [0.1, 0.15) is 0 Å². The van der Waals surface area contributed by atoms with Gasteiger partial charge in [0.15, 0.2) is 0 Å². The van der Waals surface area contributed by atoms with Crippen molar-refractivity contribution in [2.45, 2.75) is 6.92 Å². The SMILES string of the molecule is C=C(C)C(=O)Nc1ccc([As](=O)(O)O)cc1. The van der Waals surface area contributed by atoms with Gasteiger partial charge in [-0.05, 0) is 0 Å². The van der Waals surface area contributed by atoms with Crippen molar-refractivity contribution in [1.29, 1.82) is 0 Å². The van der Waals surface area contributed by atoms with E-state index in [1.165, 1.54) is 24.3 Å². The number of hydrogen-bond acceptors (Lipinski definition) is 2. The predicted molar refractivity (Wildman–Crippen MR) is 60.4 cm³/mol. The van der Waals surface area contributed by atoms with E-state index in [0.717, 1.165) is 0 Å². The van der Waals surface area contributed by atoms with Gasteiger partial charge in [-0.1, -0.05) is 0 Å². The summed E-state index contributed by atoms with van der Waals surface area (Å²) in [5, 5.41) is 2.54. The third-order valence-electron chi connectivity index (χ3n) is 1.85. The van der Waals surface area contributed by atoms with E-state index in [2.05, 4.69) is 11.9 Å². The number of amides is 1. The second-order valence-corrected chi connectivity index (χ2v) is 6.69. The molecule has 0 heterocycles. The monoisotopic (exact) mass is 285 g/mol. The van der Waals surface area contributed by atoms with Crippen LogP contribution < -0.4 is 9.67 Å². The molecule has 0 saturated carbocycles. The van der Waals surface area contributed by atoms with Crippen LogP contribution in [-0.2, 0) is 8.53 Å². The molecule has 0 fully saturated rings. The van der Waals surface area contributed by atoms with E-state index in [1.807, 2.05) is 0 Å². The molecule has 0 radical (unpaired) electrons. The van der Waals surface area contributed by atoms with E-state index in [1.54, 1.807) is 6.92 Å². The zero-order chi connectivity index (χ0) is 12.3. The fourth-order valence-corrected chi connectivity index (χ4v) is 2.10. The molecule has 0 aromatic heterocycles. The first-order chi connectivity index (χ1) is 7.30. The average molecular weight is 285 g/mol. The van der Waals surface area contributed by atoms with Crippen molar-refractivity contribution in [3.63, 3.8) is 0 Å². The Morgan fingerprint density at radius 2 is 1.81 bits per heavy atom. The minimum atomic E-state index is -4.83. The second kappa shape index (κ2) is 4.70. The molecule has 1 aromatic carbocycles. The van der Waals surface area contributed by atoms with E-state index < -0.39 is 14.2 Å². The molecule has 6 heteroatoms. The van der Waals surface area contributed by atoms with Gasteiger partial charge in [-0.25, -0.2) is 0 Å². The Kier molecular flexibility index (Phi) is 3.75. The first-order valence-corrected chi connectivity index (χ1v) is 7.82. The predicted octanol–water partition coefficient (Wildman–Crippen LogP) is -0.238. The van der Waals surface area contributed by atoms with Crippen LogP contribution in [0.15, 0.2) is 36.4 Å². The summed E-state index contributed by atoms with van der Waals surface area (Å²) < 4.78 is 28.7. The van der Waals surface area contributed by atoms with Gasteiger partial charge in [0.05, 0.1) is 0 Å². The van der Waals surface area contributed by atoms with E-state index in [9.17, 15) is 8.53 Å².